The van der Waals surface area contributed by atoms with E-state index < -0.39 is 0 Å². The normalized spacial score (nSPS) is 15.5. The predicted octanol–water partition coefficient (Wildman–Crippen LogP) is 1.96. The number of benzene rings is 1. The zero-order chi connectivity index (χ0) is 16.9. The van der Waals surface area contributed by atoms with Crippen molar-refractivity contribution in [3.05, 3.63) is 34.9 Å². The van der Waals surface area contributed by atoms with Crippen molar-refractivity contribution in [1.29, 1.82) is 0 Å². The highest BCUT2D eigenvalue weighted by atomic mass is 35.5. The van der Waals surface area contributed by atoms with Crippen LogP contribution in [-0.2, 0) is 22.5 Å². The first-order valence-electron chi connectivity index (χ1n) is 8.01. The van der Waals surface area contributed by atoms with Crippen LogP contribution in [-0.4, -0.2) is 46.4 Å². The van der Waals surface area contributed by atoms with Crippen molar-refractivity contribution in [3.8, 4) is 0 Å². The summed E-state index contributed by atoms with van der Waals surface area (Å²) in [6.45, 7) is 2.14. The van der Waals surface area contributed by atoms with Crippen molar-refractivity contribution in [3.63, 3.8) is 0 Å². The second-order valence-electron chi connectivity index (χ2n) is 5.83. The van der Waals surface area contributed by atoms with E-state index in [0.717, 1.165) is 48.9 Å². The Balaban J connectivity index is 1.62. The van der Waals surface area contributed by atoms with E-state index >= 15 is 0 Å². The molecule has 1 saturated heterocycles. The van der Waals surface area contributed by atoms with Crippen LogP contribution in [0.1, 0.15) is 18.4 Å². The lowest BCUT2D eigenvalue weighted by Crippen LogP contribution is -2.38. The van der Waals surface area contributed by atoms with E-state index in [2.05, 4.69) is 20.4 Å². The van der Waals surface area contributed by atoms with Crippen LogP contribution in [0.5, 0.6) is 0 Å². The number of tetrazole rings is 1. The Bertz CT molecular complexity index is 697. The summed E-state index contributed by atoms with van der Waals surface area (Å²) >= 11 is 6.20. The van der Waals surface area contributed by atoms with Gasteiger partial charge in [0, 0.05) is 18.1 Å². The topological polar surface area (TPSA) is 73.1 Å². The van der Waals surface area contributed by atoms with Gasteiger partial charge in [0.1, 0.15) is 0 Å². The van der Waals surface area contributed by atoms with Gasteiger partial charge in [-0.3, -0.25) is 4.79 Å². The summed E-state index contributed by atoms with van der Waals surface area (Å²) in [6, 6.07) is 7.78. The number of aryl methyl sites for hydroxylation is 2. The maximum absolute atomic E-state index is 11.6. The molecule has 0 amide bonds. The average molecular weight is 350 g/mol. The Morgan fingerprint density at radius 1 is 1.33 bits per heavy atom. The number of aromatic nitrogens is 4. The summed E-state index contributed by atoms with van der Waals surface area (Å²) in [6.07, 6.45) is 2.27. The third-order valence-corrected chi connectivity index (χ3v) is 4.74. The molecule has 0 bridgehead atoms. The van der Waals surface area contributed by atoms with E-state index in [9.17, 15) is 4.79 Å². The number of esters is 1. The highest BCUT2D eigenvalue weighted by molar-refractivity contribution is 6.31. The molecule has 1 aromatic heterocycles. The number of hydrogen-bond donors (Lipinski definition) is 0. The number of hydrogen-bond acceptors (Lipinski definition) is 6. The molecule has 0 aliphatic carbocycles. The molecule has 2 aromatic rings. The lowest BCUT2D eigenvalue weighted by atomic mass is 9.97. The van der Waals surface area contributed by atoms with Crippen molar-refractivity contribution in [2.24, 2.45) is 5.92 Å². The standard InChI is InChI=1S/C16H20ClN5O2/c1-24-15(23)13-6-9-21(10-7-13)16-18-19-20-22(16)11-8-12-4-2-3-5-14(12)17/h2-5,13H,6-11H2,1H3. The smallest absolute Gasteiger partial charge is 0.308 e. The van der Waals surface area contributed by atoms with Gasteiger partial charge in [-0.1, -0.05) is 34.9 Å². The van der Waals surface area contributed by atoms with Crippen LogP contribution >= 0.6 is 11.6 Å². The highest BCUT2D eigenvalue weighted by Gasteiger charge is 2.27. The Morgan fingerprint density at radius 2 is 2.08 bits per heavy atom. The van der Waals surface area contributed by atoms with Crippen LogP contribution < -0.4 is 4.90 Å². The molecule has 0 unspecified atom stereocenters. The molecule has 1 aliphatic rings. The van der Waals surface area contributed by atoms with Gasteiger partial charge >= 0.3 is 5.97 Å². The quantitative estimate of drug-likeness (QED) is 0.768. The molecule has 1 aliphatic heterocycles. The van der Waals surface area contributed by atoms with Gasteiger partial charge in [0.25, 0.3) is 0 Å². The van der Waals surface area contributed by atoms with Crippen molar-refractivity contribution in [1.82, 2.24) is 20.2 Å². The first-order valence-corrected chi connectivity index (χ1v) is 8.39. The van der Waals surface area contributed by atoms with E-state index in [1.807, 2.05) is 24.3 Å². The van der Waals surface area contributed by atoms with E-state index in [1.165, 1.54) is 7.11 Å². The number of nitrogens with zero attached hydrogens (tertiary/aromatic N) is 5. The number of halogens is 1. The molecule has 2 heterocycles. The maximum Gasteiger partial charge on any atom is 0.308 e. The Kier molecular flexibility index (Phi) is 5.30. The molecule has 0 saturated carbocycles. The summed E-state index contributed by atoms with van der Waals surface area (Å²) in [7, 11) is 1.43. The molecule has 3 rings (SSSR count). The second-order valence-corrected chi connectivity index (χ2v) is 6.24. The first-order chi connectivity index (χ1) is 11.7. The molecule has 8 heteroatoms. The number of carbonyl (C=O) groups excluding carboxylic acids is 1. The largest absolute Gasteiger partial charge is 0.469 e. The third kappa shape index (κ3) is 3.67. The van der Waals surface area contributed by atoms with Gasteiger partial charge in [0.15, 0.2) is 0 Å². The summed E-state index contributed by atoms with van der Waals surface area (Å²) in [5.74, 6) is 0.581. The van der Waals surface area contributed by atoms with Crippen LogP contribution in [0.25, 0.3) is 0 Å². The number of ether oxygens (including phenoxy) is 1. The molecular formula is C16H20ClN5O2. The van der Waals surface area contributed by atoms with E-state index in [-0.39, 0.29) is 11.9 Å². The molecule has 1 aromatic carbocycles. The molecule has 24 heavy (non-hydrogen) atoms. The fourth-order valence-electron chi connectivity index (χ4n) is 2.98. The zero-order valence-corrected chi connectivity index (χ0v) is 14.3. The van der Waals surface area contributed by atoms with Crippen LogP contribution in [0.3, 0.4) is 0 Å². The fourth-order valence-corrected chi connectivity index (χ4v) is 3.21. The van der Waals surface area contributed by atoms with Crippen LogP contribution in [0, 0.1) is 5.92 Å². The SMILES string of the molecule is COC(=O)C1CCN(c2nnnn2CCc2ccccc2Cl)CC1. The molecule has 0 radical (unpaired) electrons. The number of rotatable bonds is 5. The number of piperidine rings is 1. The molecule has 0 N–H and O–H groups in total. The highest BCUT2D eigenvalue weighted by Crippen LogP contribution is 2.23. The second kappa shape index (κ2) is 7.61. The fraction of sp³-hybridized carbons (Fsp3) is 0.500. The Labute approximate surface area is 145 Å². The van der Waals surface area contributed by atoms with Gasteiger partial charge in [-0.05, 0) is 41.3 Å². The van der Waals surface area contributed by atoms with Crippen molar-refractivity contribution >= 4 is 23.5 Å². The average Bonchev–Trinajstić information content (AvgIpc) is 3.09. The monoisotopic (exact) mass is 349 g/mol. The van der Waals surface area contributed by atoms with E-state index in [0.29, 0.717) is 6.54 Å². The number of methoxy groups -OCH3 is 1. The molecule has 0 spiro atoms. The van der Waals surface area contributed by atoms with Gasteiger partial charge in [-0.15, -0.1) is 0 Å². The van der Waals surface area contributed by atoms with Crippen molar-refractivity contribution < 1.29 is 9.53 Å². The van der Waals surface area contributed by atoms with E-state index in [4.69, 9.17) is 16.3 Å². The molecular weight excluding hydrogens is 330 g/mol. The zero-order valence-electron chi connectivity index (χ0n) is 13.6. The van der Waals surface area contributed by atoms with Crippen molar-refractivity contribution in [2.45, 2.75) is 25.8 Å². The lowest BCUT2D eigenvalue weighted by Gasteiger charge is -2.30. The molecule has 0 atom stereocenters. The first kappa shape index (κ1) is 16.7. The van der Waals surface area contributed by atoms with Gasteiger partial charge in [0.05, 0.1) is 19.6 Å². The van der Waals surface area contributed by atoms with Gasteiger partial charge < -0.3 is 9.64 Å². The number of anilines is 1. The minimum absolute atomic E-state index is 0.0290. The minimum Gasteiger partial charge on any atom is -0.469 e. The molecule has 7 nitrogen and oxygen atoms in total. The van der Waals surface area contributed by atoms with Gasteiger partial charge in [-0.2, -0.15) is 0 Å². The van der Waals surface area contributed by atoms with Gasteiger partial charge in [0.2, 0.25) is 5.95 Å². The third-order valence-electron chi connectivity index (χ3n) is 4.38. The van der Waals surface area contributed by atoms with Crippen LogP contribution in [0.15, 0.2) is 24.3 Å². The minimum atomic E-state index is -0.132. The molecule has 1 fully saturated rings. The number of carbonyl (C=O) groups is 1. The maximum atomic E-state index is 11.6. The molecule has 128 valence electrons. The summed E-state index contributed by atoms with van der Waals surface area (Å²) in [4.78, 5) is 13.7. The summed E-state index contributed by atoms with van der Waals surface area (Å²) in [5.41, 5.74) is 1.07. The summed E-state index contributed by atoms with van der Waals surface area (Å²) in [5, 5.41) is 12.8. The summed E-state index contributed by atoms with van der Waals surface area (Å²) < 4.78 is 6.62. The Morgan fingerprint density at radius 3 is 2.79 bits per heavy atom. The van der Waals surface area contributed by atoms with Crippen LogP contribution in [0.4, 0.5) is 5.95 Å². The van der Waals surface area contributed by atoms with Gasteiger partial charge in [-0.25, -0.2) is 4.68 Å². The predicted molar refractivity (Wildman–Crippen MR) is 89.9 cm³/mol. The Hall–Kier alpha value is -2.15. The van der Waals surface area contributed by atoms with Crippen LogP contribution in [0.2, 0.25) is 5.02 Å². The van der Waals surface area contributed by atoms with E-state index in [1.54, 1.807) is 4.68 Å². The lowest BCUT2D eigenvalue weighted by molar-refractivity contribution is -0.146. The van der Waals surface area contributed by atoms with Crippen molar-refractivity contribution in [2.75, 3.05) is 25.1 Å².